The number of hydrogen-bond acceptors (Lipinski definition) is 8. The number of nitriles is 1. The van der Waals surface area contributed by atoms with Gasteiger partial charge < -0.3 is 10.8 Å². The van der Waals surface area contributed by atoms with Crippen LogP contribution in [0.4, 0.5) is 10.2 Å². The second-order valence-electron chi connectivity index (χ2n) is 8.39. The number of aliphatic hydroxyl groups is 1. The molecular weight excluding hydrogens is 435 g/mol. The highest BCUT2D eigenvalue weighted by molar-refractivity contribution is 5.69. The van der Waals surface area contributed by atoms with Gasteiger partial charge in [-0.05, 0) is 49.9 Å². The molecule has 1 aromatic carbocycles. The molecule has 170 valence electrons. The Morgan fingerprint density at radius 1 is 1.18 bits per heavy atom. The number of nitrogens with zero attached hydrogens (tertiary/aromatic N) is 7. The van der Waals surface area contributed by atoms with Gasteiger partial charge in [-0.15, -0.1) is 5.10 Å². The molecule has 0 bridgehead atoms. The molecule has 3 N–H and O–H groups in total. The monoisotopic (exact) mass is 456 g/mol. The van der Waals surface area contributed by atoms with Crippen LogP contribution in [0.2, 0.25) is 0 Å². The van der Waals surface area contributed by atoms with Gasteiger partial charge in [0.15, 0.2) is 17.5 Å². The summed E-state index contributed by atoms with van der Waals surface area (Å²) in [6, 6.07) is 12.8. The Bertz CT molecular complexity index is 1440. The Kier molecular flexibility index (Phi) is 5.26. The summed E-state index contributed by atoms with van der Waals surface area (Å²) >= 11 is 0. The highest BCUT2D eigenvalue weighted by Gasteiger charge is 2.37. The quantitative estimate of drug-likeness (QED) is 0.467. The van der Waals surface area contributed by atoms with Crippen molar-refractivity contribution in [1.29, 1.82) is 5.26 Å². The van der Waals surface area contributed by atoms with Crippen molar-refractivity contribution >= 4 is 5.82 Å². The third-order valence-electron chi connectivity index (χ3n) is 6.14. The number of aromatic nitrogens is 6. The first-order valence-electron chi connectivity index (χ1n) is 10.8. The summed E-state index contributed by atoms with van der Waals surface area (Å²) in [5.41, 5.74) is 8.15. The molecule has 10 heteroatoms. The van der Waals surface area contributed by atoms with E-state index in [0.29, 0.717) is 40.9 Å². The molecule has 34 heavy (non-hydrogen) atoms. The van der Waals surface area contributed by atoms with Crippen molar-refractivity contribution in [2.75, 3.05) is 5.73 Å². The van der Waals surface area contributed by atoms with Gasteiger partial charge in [-0.3, -0.25) is 4.98 Å². The van der Waals surface area contributed by atoms with E-state index in [-0.39, 0.29) is 29.6 Å². The van der Waals surface area contributed by atoms with Crippen LogP contribution in [0.15, 0.2) is 42.6 Å². The fourth-order valence-corrected chi connectivity index (χ4v) is 4.00. The van der Waals surface area contributed by atoms with Crippen molar-refractivity contribution in [3.63, 3.8) is 0 Å². The van der Waals surface area contributed by atoms with Crippen LogP contribution in [0.1, 0.15) is 41.8 Å². The predicted octanol–water partition coefficient (Wildman–Crippen LogP) is 3.12. The molecule has 1 fully saturated rings. The fourth-order valence-electron chi connectivity index (χ4n) is 4.00. The van der Waals surface area contributed by atoms with Crippen LogP contribution in [0.3, 0.4) is 0 Å². The van der Waals surface area contributed by atoms with Gasteiger partial charge >= 0.3 is 0 Å². The number of hydrogen-bond donors (Lipinski definition) is 2. The number of rotatable bonds is 5. The van der Waals surface area contributed by atoms with Gasteiger partial charge in [-0.1, -0.05) is 23.4 Å². The molecule has 4 aromatic rings. The summed E-state index contributed by atoms with van der Waals surface area (Å²) < 4.78 is 16.4. The van der Waals surface area contributed by atoms with E-state index in [0.717, 1.165) is 6.42 Å². The van der Waals surface area contributed by atoms with Crippen LogP contribution >= 0.6 is 0 Å². The van der Waals surface area contributed by atoms with E-state index in [1.165, 1.54) is 4.68 Å². The zero-order valence-electron chi connectivity index (χ0n) is 18.4. The third kappa shape index (κ3) is 3.76. The Hall–Kier alpha value is -4.23. The molecule has 0 atom stereocenters. The molecule has 0 amide bonds. The Morgan fingerprint density at radius 3 is 2.71 bits per heavy atom. The summed E-state index contributed by atoms with van der Waals surface area (Å²) in [6.45, 7) is 2.06. The van der Waals surface area contributed by atoms with Gasteiger partial charge in [0.05, 0.1) is 35.8 Å². The molecule has 1 aliphatic rings. The van der Waals surface area contributed by atoms with Gasteiger partial charge in [-0.2, -0.15) is 5.26 Å². The maximum absolute atomic E-state index is 14.9. The molecule has 0 unspecified atom stereocenters. The Morgan fingerprint density at radius 2 is 1.97 bits per heavy atom. The van der Waals surface area contributed by atoms with E-state index in [1.54, 1.807) is 31.3 Å². The first-order chi connectivity index (χ1) is 16.4. The fraction of sp³-hybridized carbons (Fsp3) is 0.250. The number of nitrogens with two attached hydrogens (primary N) is 1. The van der Waals surface area contributed by atoms with Crippen LogP contribution in [-0.4, -0.2) is 35.1 Å². The summed E-state index contributed by atoms with van der Waals surface area (Å²) in [7, 11) is 0. The zero-order valence-corrected chi connectivity index (χ0v) is 18.4. The topological polar surface area (TPSA) is 139 Å². The van der Waals surface area contributed by atoms with Crippen molar-refractivity contribution in [1.82, 2.24) is 29.9 Å². The first kappa shape index (κ1) is 21.6. The molecule has 3 aromatic heterocycles. The minimum Gasteiger partial charge on any atom is -0.384 e. The normalized spacial score (nSPS) is 14.4. The largest absolute Gasteiger partial charge is 0.384 e. The van der Waals surface area contributed by atoms with Crippen molar-refractivity contribution in [2.45, 2.75) is 38.3 Å². The summed E-state index contributed by atoms with van der Waals surface area (Å²) in [4.78, 5) is 13.0. The number of pyridine rings is 1. The number of benzene rings is 1. The van der Waals surface area contributed by atoms with E-state index in [9.17, 15) is 14.8 Å². The van der Waals surface area contributed by atoms with Crippen molar-refractivity contribution < 1.29 is 9.50 Å². The Labute approximate surface area is 194 Å². The molecule has 1 saturated carbocycles. The van der Waals surface area contributed by atoms with Gasteiger partial charge in [0.25, 0.3) is 0 Å². The maximum Gasteiger partial charge on any atom is 0.193 e. The number of nitrogen functional groups attached to an aromatic ring is 1. The molecule has 0 aliphatic heterocycles. The summed E-state index contributed by atoms with van der Waals surface area (Å²) in [6.07, 6.45) is 3.93. The average molecular weight is 456 g/mol. The van der Waals surface area contributed by atoms with E-state index in [1.807, 2.05) is 18.2 Å². The molecule has 3 heterocycles. The summed E-state index contributed by atoms with van der Waals surface area (Å²) in [5, 5.41) is 28.0. The second-order valence-corrected chi connectivity index (χ2v) is 8.39. The molecule has 5 rings (SSSR count). The molecule has 0 radical (unpaired) electrons. The first-order valence-corrected chi connectivity index (χ1v) is 10.8. The summed E-state index contributed by atoms with van der Waals surface area (Å²) in [5.74, 6) is -0.919. The van der Waals surface area contributed by atoms with Gasteiger partial charge in [-0.25, -0.2) is 19.0 Å². The molecule has 0 spiro atoms. The van der Waals surface area contributed by atoms with Crippen molar-refractivity contribution in [3.05, 3.63) is 70.9 Å². The van der Waals surface area contributed by atoms with E-state index in [4.69, 9.17) is 5.73 Å². The van der Waals surface area contributed by atoms with Crippen LogP contribution < -0.4 is 5.73 Å². The van der Waals surface area contributed by atoms with E-state index in [2.05, 4.69) is 31.3 Å². The standard InChI is InChI=1S/C24H21FN8O/c1-14-15(11-26)5-2-7-17(14)23-29-21(20(25)22(27)30-23)18-13-33(32-31-18)12-16-6-3-8-19(28-16)24(34)9-4-10-24/h2-3,5-8,13,34H,4,9-10,12H2,1H3,(H2,27,29,30). The second kappa shape index (κ2) is 8.28. The van der Waals surface area contributed by atoms with Crippen molar-refractivity contribution in [3.8, 4) is 28.8 Å². The molecule has 1 aliphatic carbocycles. The van der Waals surface area contributed by atoms with Crippen LogP contribution in [0.5, 0.6) is 0 Å². The lowest BCUT2D eigenvalue weighted by Crippen LogP contribution is -2.34. The highest BCUT2D eigenvalue weighted by Crippen LogP contribution is 2.40. The molecule has 9 nitrogen and oxygen atoms in total. The van der Waals surface area contributed by atoms with Gasteiger partial charge in [0, 0.05) is 5.56 Å². The van der Waals surface area contributed by atoms with Crippen LogP contribution in [0, 0.1) is 24.1 Å². The average Bonchev–Trinajstić information content (AvgIpc) is 3.27. The molecular formula is C24H21FN8O. The number of halogens is 1. The van der Waals surface area contributed by atoms with E-state index >= 15 is 0 Å². The SMILES string of the molecule is Cc1c(C#N)cccc1-c1nc(N)c(F)c(-c2cn(Cc3cccc(C4(O)CCC4)n3)nn2)n1. The smallest absolute Gasteiger partial charge is 0.193 e. The minimum atomic E-state index is -0.859. The zero-order chi connectivity index (χ0) is 23.9. The lowest BCUT2D eigenvalue weighted by Gasteiger charge is -2.36. The Balaban J connectivity index is 1.47. The number of anilines is 1. The molecule has 0 saturated heterocycles. The van der Waals surface area contributed by atoms with Crippen LogP contribution in [-0.2, 0) is 12.1 Å². The van der Waals surface area contributed by atoms with E-state index < -0.39 is 11.4 Å². The highest BCUT2D eigenvalue weighted by atomic mass is 19.1. The lowest BCUT2D eigenvalue weighted by molar-refractivity contribution is -0.0427. The van der Waals surface area contributed by atoms with Crippen LogP contribution in [0.25, 0.3) is 22.8 Å². The predicted molar refractivity (Wildman–Crippen MR) is 121 cm³/mol. The van der Waals surface area contributed by atoms with Gasteiger partial charge in [0.2, 0.25) is 0 Å². The lowest BCUT2D eigenvalue weighted by atomic mass is 9.77. The van der Waals surface area contributed by atoms with Crippen molar-refractivity contribution in [2.24, 2.45) is 0 Å². The minimum absolute atomic E-state index is 0.0824. The third-order valence-corrected chi connectivity index (χ3v) is 6.14. The van der Waals surface area contributed by atoms with Gasteiger partial charge in [0.1, 0.15) is 17.0 Å². The maximum atomic E-state index is 14.9.